The van der Waals surface area contributed by atoms with Crippen molar-refractivity contribution in [3.05, 3.63) is 97.3 Å². The number of rotatable bonds is 6. The number of nitriles is 1. The number of nitrogens with one attached hydrogen (secondary N) is 1. The fourth-order valence-electron chi connectivity index (χ4n) is 3.37. The molecule has 0 radical (unpaired) electrons. The molecule has 1 aliphatic heterocycles. The van der Waals surface area contributed by atoms with Gasteiger partial charge >= 0.3 is 0 Å². The van der Waals surface area contributed by atoms with Crippen LogP contribution < -0.4 is 10.2 Å². The van der Waals surface area contributed by atoms with Crippen LogP contribution in [0.3, 0.4) is 0 Å². The number of amides is 2. The predicted molar refractivity (Wildman–Crippen MR) is 136 cm³/mol. The molecule has 1 aliphatic rings. The van der Waals surface area contributed by atoms with E-state index in [-0.39, 0.29) is 23.1 Å². The SMILES string of the molecule is N#C/C(C(=O)NCc1ccco1)=C1/S[C@H](Cc2ccc(Cl)cc2Cl)C(=O)N1c1ccc(Br)cc1. The van der Waals surface area contributed by atoms with E-state index in [9.17, 15) is 14.9 Å². The van der Waals surface area contributed by atoms with Gasteiger partial charge in [0.1, 0.15) is 22.4 Å². The summed E-state index contributed by atoms with van der Waals surface area (Å²) in [6.45, 7) is 0.116. The van der Waals surface area contributed by atoms with Crippen molar-refractivity contribution in [2.24, 2.45) is 0 Å². The van der Waals surface area contributed by atoms with Gasteiger partial charge in [0.15, 0.2) is 0 Å². The monoisotopic (exact) mass is 575 g/mol. The molecule has 0 bridgehead atoms. The Morgan fingerprint density at radius 1 is 1.21 bits per heavy atom. The zero-order valence-electron chi connectivity index (χ0n) is 17.4. The van der Waals surface area contributed by atoms with Gasteiger partial charge in [-0.2, -0.15) is 5.26 Å². The molecule has 1 atom stereocenters. The lowest BCUT2D eigenvalue weighted by atomic mass is 10.1. The van der Waals surface area contributed by atoms with E-state index < -0.39 is 11.2 Å². The number of carbonyl (C=O) groups excluding carboxylic acids is 2. The van der Waals surface area contributed by atoms with Crippen molar-refractivity contribution in [1.82, 2.24) is 5.32 Å². The van der Waals surface area contributed by atoms with E-state index in [1.165, 1.54) is 11.2 Å². The molecule has 0 spiro atoms. The van der Waals surface area contributed by atoms with Gasteiger partial charge in [0.05, 0.1) is 18.1 Å². The molecule has 2 heterocycles. The van der Waals surface area contributed by atoms with Gasteiger partial charge in [0, 0.05) is 20.2 Å². The Balaban J connectivity index is 1.69. The van der Waals surface area contributed by atoms with Crippen molar-refractivity contribution in [1.29, 1.82) is 5.26 Å². The smallest absolute Gasteiger partial charge is 0.265 e. The van der Waals surface area contributed by atoms with E-state index in [0.29, 0.717) is 27.9 Å². The van der Waals surface area contributed by atoms with Gasteiger partial charge in [-0.25, -0.2) is 0 Å². The summed E-state index contributed by atoms with van der Waals surface area (Å²) in [7, 11) is 0. The molecule has 2 aromatic carbocycles. The largest absolute Gasteiger partial charge is 0.467 e. The van der Waals surface area contributed by atoms with Crippen molar-refractivity contribution in [3.8, 4) is 6.07 Å². The van der Waals surface area contributed by atoms with Crippen molar-refractivity contribution >= 4 is 68.4 Å². The number of carbonyl (C=O) groups is 2. The Bertz CT molecular complexity index is 1300. The summed E-state index contributed by atoms with van der Waals surface area (Å²) in [5.74, 6) is -0.299. The van der Waals surface area contributed by atoms with E-state index in [0.717, 1.165) is 21.8 Å². The van der Waals surface area contributed by atoms with Crippen LogP contribution in [0.25, 0.3) is 0 Å². The quantitative estimate of drug-likeness (QED) is 0.283. The summed E-state index contributed by atoms with van der Waals surface area (Å²) in [4.78, 5) is 27.8. The van der Waals surface area contributed by atoms with Crippen molar-refractivity contribution in [2.75, 3.05) is 4.90 Å². The van der Waals surface area contributed by atoms with Crippen LogP contribution in [0, 0.1) is 11.3 Å². The van der Waals surface area contributed by atoms with E-state index in [2.05, 4.69) is 21.2 Å². The molecular weight excluding hydrogens is 561 g/mol. The maximum absolute atomic E-state index is 13.5. The Morgan fingerprint density at radius 3 is 2.62 bits per heavy atom. The first kappa shape index (κ1) is 24.4. The summed E-state index contributed by atoms with van der Waals surface area (Å²) in [6.07, 6.45) is 1.81. The second-order valence-corrected chi connectivity index (χ2v) is 10.2. The zero-order valence-corrected chi connectivity index (χ0v) is 21.3. The third-order valence-corrected chi connectivity index (χ3v) is 7.39. The lowest BCUT2D eigenvalue weighted by Gasteiger charge is -2.19. The zero-order chi connectivity index (χ0) is 24.2. The number of hydrogen-bond acceptors (Lipinski definition) is 5. The molecule has 0 unspecified atom stereocenters. The van der Waals surface area contributed by atoms with E-state index >= 15 is 0 Å². The van der Waals surface area contributed by atoms with Gasteiger partial charge in [0.25, 0.3) is 5.91 Å². The third kappa shape index (κ3) is 5.34. The van der Waals surface area contributed by atoms with Crippen LogP contribution in [0.15, 0.2) is 80.4 Å². The number of furan rings is 1. The Morgan fingerprint density at radius 2 is 1.97 bits per heavy atom. The van der Waals surface area contributed by atoms with Gasteiger partial charge < -0.3 is 9.73 Å². The fraction of sp³-hybridized carbons (Fsp3) is 0.125. The molecule has 1 N–H and O–H groups in total. The maximum atomic E-state index is 13.5. The topological polar surface area (TPSA) is 86.3 Å². The van der Waals surface area contributed by atoms with Crippen LogP contribution in [-0.4, -0.2) is 17.1 Å². The van der Waals surface area contributed by atoms with Crippen molar-refractivity contribution in [3.63, 3.8) is 0 Å². The number of anilines is 1. The number of halogens is 3. The highest BCUT2D eigenvalue weighted by atomic mass is 79.9. The molecule has 10 heteroatoms. The van der Waals surface area contributed by atoms with Gasteiger partial charge in [0.2, 0.25) is 5.91 Å². The standard InChI is InChI=1S/C24H16BrCl2N3O3S/c25-15-4-7-17(8-5-15)30-23(32)21(10-14-3-6-16(26)11-20(14)27)34-24(30)19(12-28)22(31)29-13-18-2-1-9-33-18/h1-9,11,21H,10,13H2,(H,29,31)/b24-19-/t21-/m1/s1. The first-order valence-electron chi connectivity index (χ1n) is 10.0. The summed E-state index contributed by atoms with van der Waals surface area (Å²) >= 11 is 16.9. The Kier molecular flexibility index (Phi) is 7.69. The van der Waals surface area contributed by atoms with Gasteiger partial charge in [-0.15, -0.1) is 0 Å². The van der Waals surface area contributed by atoms with Gasteiger partial charge in [-0.3, -0.25) is 14.5 Å². The second-order valence-electron chi connectivity index (χ2n) is 7.25. The number of thioether (sulfide) groups is 1. The molecule has 1 saturated heterocycles. The van der Waals surface area contributed by atoms with E-state index in [1.807, 2.05) is 6.07 Å². The molecule has 0 aliphatic carbocycles. The van der Waals surface area contributed by atoms with E-state index in [1.54, 1.807) is 54.6 Å². The molecule has 3 aromatic rings. The number of benzene rings is 2. The van der Waals surface area contributed by atoms with Crippen molar-refractivity contribution in [2.45, 2.75) is 18.2 Å². The average molecular weight is 577 g/mol. The minimum Gasteiger partial charge on any atom is -0.467 e. The Labute approximate surface area is 218 Å². The van der Waals surface area contributed by atoms with Gasteiger partial charge in [-0.05, 0) is 60.5 Å². The molecule has 6 nitrogen and oxygen atoms in total. The molecule has 4 rings (SSSR count). The highest BCUT2D eigenvalue weighted by Crippen LogP contribution is 2.42. The van der Waals surface area contributed by atoms with Crippen LogP contribution in [0.4, 0.5) is 5.69 Å². The van der Waals surface area contributed by atoms with Crippen LogP contribution in [0.2, 0.25) is 10.0 Å². The van der Waals surface area contributed by atoms with Crippen LogP contribution in [-0.2, 0) is 22.6 Å². The second kappa shape index (κ2) is 10.7. The summed E-state index contributed by atoms with van der Waals surface area (Å²) in [5.41, 5.74) is 1.14. The summed E-state index contributed by atoms with van der Waals surface area (Å²) in [6, 6.07) is 17.6. The van der Waals surface area contributed by atoms with Crippen LogP contribution in [0.1, 0.15) is 11.3 Å². The molecule has 34 heavy (non-hydrogen) atoms. The fourth-order valence-corrected chi connectivity index (χ4v) is 5.41. The molecular formula is C24H16BrCl2N3O3S. The minimum absolute atomic E-state index is 0.116. The normalized spacial score (nSPS) is 16.9. The first-order valence-corrected chi connectivity index (χ1v) is 12.5. The van der Waals surface area contributed by atoms with E-state index in [4.69, 9.17) is 27.6 Å². The van der Waals surface area contributed by atoms with Crippen LogP contribution >= 0.6 is 50.9 Å². The van der Waals surface area contributed by atoms with Gasteiger partial charge in [-0.1, -0.05) is 57.0 Å². The first-order chi connectivity index (χ1) is 16.4. The molecule has 0 saturated carbocycles. The Hall–Kier alpha value is -2.70. The summed E-state index contributed by atoms with van der Waals surface area (Å²) < 4.78 is 6.07. The predicted octanol–water partition coefficient (Wildman–Crippen LogP) is 6.09. The minimum atomic E-state index is -0.596. The lowest BCUT2D eigenvalue weighted by molar-refractivity contribution is -0.117. The molecule has 1 fully saturated rings. The summed E-state index contributed by atoms with van der Waals surface area (Å²) in [5, 5.41) is 13.2. The molecule has 1 aromatic heterocycles. The highest BCUT2D eigenvalue weighted by Gasteiger charge is 2.41. The van der Waals surface area contributed by atoms with Crippen molar-refractivity contribution < 1.29 is 14.0 Å². The number of nitrogens with zero attached hydrogens (tertiary/aromatic N) is 2. The molecule has 2 amide bonds. The molecule has 172 valence electrons. The van der Waals surface area contributed by atoms with Crippen LogP contribution in [0.5, 0.6) is 0 Å². The lowest BCUT2D eigenvalue weighted by Crippen LogP contribution is -2.32. The maximum Gasteiger partial charge on any atom is 0.265 e. The highest BCUT2D eigenvalue weighted by molar-refractivity contribution is 9.10. The third-order valence-electron chi connectivity index (χ3n) is 5.01. The average Bonchev–Trinajstić information content (AvgIpc) is 3.44. The number of hydrogen-bond donors (Lipinski definition) is 1.